The summed E-state index contributed by atoms with van der Waals surface area (Å²) in [6.45, 7) is 6.36. The predicted molar refractivity (Wildman–Crippen MR) is 86.0 cm³/mol. The van der Waals surface area contributed by atoms with Crippen molar-refractivity contribution >= 4 is 23.5 Å². The summed E-state index contributed by atoms with van der Waals surface area (Å²) in [4.78, 5) is 20.5. The fraction of sp³-hybridized carbons (Fsp3) is 0.667. The number of carbonyl (C=O) groups is 1. The van der Waals surface area contributed by atoms with Crippen LogP contribution in [0.1, 0.15) is 38.8 Å². The molecule has 2 rings (SSSR count). The standard InChI is InChI=1S/C15H24N4OS/c1-9-5-4-6-12(11(9)3)18-14(20)8-21-15-17-10(2)7-13(16)19-15/h7,9,11-12H,4-6,8H2,1-3H3,(H,18,20)(H2,16,17,19)/t9-,11+,12-/m1/s1. The molecular weight excluding hydrogens is 284 g/mol. The van der Waals surface area contributed by atoms with Gasteiger partial charge in [-0.15, -0.1) is 0 Å². The average molecular weight is 308 g/mol. The van der Waals surface area contributed by atoms with Crippen LogP contribution in [0.5, 0.6) is 0 Å². The smallest absolute Gasteiger partial charge is 0.230 e. The molecule has 0 aromatic carbocycles. The van der Waals surface area contributed by atoms with Crippen LogP contribution >= 0.6 is 11.8 Å². The quantitative estimate of drug-likeness (QED) is 0.659. The van der Waals surface area contributed by atoms with Gasteiger partial charge in [0.2, 0.25) is 5.91 Å². The fourth-order valence-electron chi connectivity index (χ4n) is 2.79. The van der Waals surface area contributed by atoms with Crippen molar-refractivity contribution in [1.82, 2.24) is 15.3 Å². The molecule has 0 radical (unpaired) electrons. The monoisotopic (exact) mass is 308 g/mol. The molecule has 116 valence electrons. The Bertz CT molecular complexity index is 488. The molecule has 0 saturated heterocycles. The first-order valence-electron chi connectivity index (χ1n) is 7.49. The molecule has 5 nitrogen and oxygen atoms in total. The van der Waals surface area contributed by atoms with E-state index < -0.39 is 0 Å². The number of thioether (sulfide) groups is 1. The Hall–Kier alpha value is -1.30. The number of rotatable bonds is 4. The summed E-state index contributed by atoms with van der Waals surface area (Å²) in [5.74, 6) is 2.05. The van der Waals surface area contributed by atoms with E-state index in [2.05, 4.69) is 29.1 Å². The van der Waals surface area contributed by atoms with Crippen molar-refractivity contribution in [3.8, 4) is 0 Å². The maximum atomic E-state index is 12.1. The molecule has 1 fully saturated rings. The van der Waals surface area contributed by atoms with Crippen LogP contribution < -0.4 is 11.1 Å². The van der Waals surface area contributed by atoms with E-state index >= 15 is 0 Å². The van der Waals surface area contributed by atoms with Crippen LogP contribution in [0.2, 0.25) is 0 Å². The molecule has 1 aliphatic rings. The molecule has 0 unspecified atom stereocenters. The van der Waals surface area contributed by atoms with E-state index in [4.69, 9.17) is 5.73 Å². The second-order valence-corrected chi connectivity index (χ2v) is 6.89. The number of anilines is 1. The molecular formula is C15H24N4OS. The van der Waals surface area contributed by atoms with Crippen molar-refractivity contribution in [3.05, 3.63) is 11.8 Å². The van der Waals surface area contributed by atoms with Gasteiger partial charge in [-0.05, 0) is 25.2 Å². The highest BCUT2D eigenvalue weighted by atomic mass is 32.2. The third-order valence-corrected chi connectivity index (χ3v) is 5.09. The van der Waals surface area contributed by atoms with E-state index in [9.17, 15) is 4.79 Å². The van der Waals surface area contributed by atoms with Gasteiger partial charge in [0.25, 0.3) is 0 Å². The van der Waals surface area contributed by atoms with Crippen molar-refractivity contribution in [2.24, 2.45) is 11.8 Å². The van der Waals surface area contributed by atoms with E-state index in [0.29, 0.717) is 34.6 Å². The second-order valence-electron chi connectivity index (χ2n) is 5.95. The number of nitrogen functional groups attached to an aromatic ring is 1. The van der Waals surface area contributed by atoms with Gasteiger partial charge in [0.05, 0.1) is 5.75 Å². The number of hydrogen-bond acceptors (Lipinski definition) is 5. The lowest BCUT2D eigenvalue weighted by atomic mass is 9.78. The van der Waals surface area contributed by atoms with Crippen molar-refractivity contribution < 1.29 is 4.79 Å². The first kappa shape index (κ1) is 16.1. The Morgan fingerprint density at radius 1 is 1.43 bits per heavy atom. The second kappa shape index (κ2) is 7.11. The Labute approximate surface area is 130 Å². The number of hydrogen-bond donors (Lipinski definition) is 2. The van der Waals surface area contributed by atoms with Gasteiger partial charge in [0.15, 0.2) is 5.16 Å². The van der Waals surface area contributed by atoms with Crippen LogP contribution in [0.3, 0.4) is 0 Å². The molecule has 1 aromatic rings. The minimum Gasteiger partial charge on any atom is -0.384 e. The number of carbonyl (C=O) groups excluding carboxylic acids is 1. The average Bonchev–Trinajstić information content (AvgIpc) is 2.41. The van der Waals surface area contributed by atoms with E-state index in [0.717, 1.165) is 12.1 Å². The molecule has 1 saturated carbocycles. The highest BCUT2D eigenvalue weighted by Gasteiger charge is 2.28. The first-order chi connectivity index (χ1) is 9.95. The highest BCUT2D eigenvalue weighted by molar-refractivity contribution is 7.99. The molecule has 21 heavy (non-hydrogen) atoms. The minimum atomic E-state index is 0.0506. The molecule has 1 amide bonds. The summed E-state index contributed by atoms with van der Waals surface area (Å²) in [6, 6.07) is 2.01. The molecule has 0 bridgehead atoms. The molecule has 6 heteroatoms. The van der Waals surface area contributed by atoms with Crippen LogP contribution in [0.25, 0.3) is 0 Å². The molecule has 0 spiro atoms. The fourth-order valence-corrected chi connectivity index (χ4v) is 3.52. The largest absolute Gasteiger partial charge is 0.384 e. The number of nitrogens with two attached hydrogens (primary N) is 1. The highest BCUT2D eigenvalue weighted by Crippen LogP contribution is 2.29. The molecule has 1 aliphatic carbocycles. The van der Waals surface area contributed by atoms with Crippen molar-refractivity contribution in [1.29, 1.82) is 0 Å². The van der Waals surface area contributed by atoms with Gasteiger partial charge in [0.1, 0.15) is 5.82 Å². The summed E-state index contributed by atoms with van der Waals surface area (Å²) in [5, 5.41) is 3.71. The SMILES string of the molecule is Cc1cc(N)nc(SCC(=O)N[C@@H]2CCC[C@@H](C)[C@@H]2C)n1. The van der Waals surface area contributed by atoms with Gasteiger partial charge in [0, 0.05) is 17.8 Å². The predicted octanol–water partition coefficient (Wildman–Crippen LogP) is 2.40. The topological polar surface area (TPSA) is 80.9 Å². The zero-order chi connectivity index (χ0) is 15.4. The normalized spacial score (nSPS) is 25.6. The molecule has 1 heterocycles. The van der Waals surface area contributed by atoms with Gasteiger partial charge in [-0.3, -0.25) is 4.79 Å². The zero-order valence-corrected chi connectivity index (χ0v) is 13.7. The van der Waals surface area contributed by atoms with Crippen LogP contribution in [0.15, 0.2) is 11.2 Å². The van der Waals surface area contributed by atoms with Crippen LogP contribution in [0.4, 0.5) is 5.82 Å². The maximum Gasteiger partial charge on any atom is 0.230 e. The number of nitrogens with one attached hydrogen (secondary N) is 1. The first-order valence-corrected chi connectivity index (χ1v) is 8.47. The van der Waals surface area contributed by atoms with Gasteiger partial charge in [-0.1, -0.05) is 38.5 Å². The summed E-state index contributed by atoms with van der Waals surface area (Å²) >= 11 is 1.33. The van der Waals surface area contributed by atoms with E-state index in [1.54, 1.807) is 6.07 Å². The summed E-state index contributed by atoms with van der Waals surface area (Å²) < 4.78 is 0. The summed E-state index contributed by atoms with van der Waals surface area (Å²) in [5.41, 5.74) is 6.50. The molecule has 1 aromatic heterocycles. The van der Waals surface area contributed by atoms with Gasteiger partial charge in [-0.2, -0.15) is 0 Å². The summed E-state index contributed by atoms with van der Waals surface area (Å²) in [6.07, 6.45) is 3.54. The van der Waals surface area contributed by atoms with E-state index in [-0.39, 0.29) is 5.91 Å². The van der Waals surface area contributed by atoms with E-state index in [1.165, 1.54) is 24.6 Å². The van der Waals surface area contributed by atoms with Gasteiger partial charge in [-0.25, -0.2) is 9.97 Å². The minimum absolute atomic E-state index is 0.0506. The van der Waals surface area contributed by atoms with Crippen LogP contribution in [-0.4, -0.2) is 27.7 Å². The lowest BCUT2D eigenvalue weighted by Gasteiger charge is -2.34. The number of aryl methyl sites for hydroxylation is 1. The Morgan fingerprint density at radius 3 is 2.90 bits per heavy atom. The number of aromatic nitrogens is 2. The number of amides is 1. The lowest BCUT2D eigenvalue weighted by Crippen LogP contribution is -2.44. The Balaban J connectivity index is 1.84. The van der Waals surface area contributed by atoms with Crippen molar-refractivity contribution in [3.63, 3.8) is 0 Å². The van der Waals surface area contributed by atoms with Gasteiger partial charge >= 0.3 is 0 Å². The number of nitrogens with zero attached hydrogens (tertiary/aromatic N) is 2. The van der Waals surface area contributed by atoms with Crippen molar-refractivity contribution in [2.45, 2.75) is 51.2 Å². The third kappa shape index (κ3) is 4.59. The molecule has 3 atom stereocenters. The van der Waals surface area contributed by atoms with Crippen molar-refractivity contribution in [2.75, 3.05) is 11.5 Å². The zero-order valence-electron chi connectivity index (χ0n) is 12.9. The molecule has 0 aliphatic heterocycles. The van der Waals surface area contributed by atoms with Crippen LogP contribution in [-0.2, 0) is 4.79 Å². The lowest BCUT2D eigenvalue weighted by molar-refractivity contribution is -0.120. The summed E-state index contributed by atoms with van der Waals surface area (Å²) in [7, 11) is 0. The Kier molecular flexibility index (Phi) is 5.45. The van der Waals surface area contributed by atoms with Crippen LogP contribution in [0, 0.1) is 18.8 Å². The molecule has 3 N–H and O–H groups in total. The van der Waals surface area contributed by atoms with Gasteiger partial charge < -0.3 is 11.1 Å². The Morgan fingerprint density at radius 2 is 2.19 bits per heavy atom. The maximum absolute atomic E-state index is 12.1. The van der Waals surface area contributed by atoms with E-state index in [1.807, 2.05) is 6.92 Å². The third-order valence-electron chi connectivity index (χ3n) is 4.24.